The number of hydrogen-bond donors (Lipinski definition) is 1. The molecule has 0 bridgehead atoms. The molecule has 1 aromatic heterocycles. The number of hydrogen-bond acceptors (Lipinski definition) is 3. The van der Waals surface area contributed by atoms with E-state index in [0.29, 0.717) is 18.5 Å². The molecule has 2 heterocycles. The maximum atomic E-state index is 12.6. The molecule has 6 nitrogen and oxygen atoms in total. The lowest BCUT2D eigenvalue weighted by Gasteiger charge is -2.21. The molecule has 1 saturated heterocycles. The Labute approximate surface area is 148 Å². The van der Waals surface area contributed by atoms with Crippen LogP contribution in [0.4, 0.5) is 0 Å². The number of carboxylic acid groups (broad SMARTS) is 1. The summed E-state index contributed by atoms with van der Waals surface area (Å²) in [5, 5.41) is 13.7. The molecular formula is C17H18BrN3O3. The summed E-state index contributed by atoms with van der Waals surface area (Å²) >= 11 is 3.50. The Kier molecular flexibility index (Phi) is 4.45. The third-order valence-corrected chi connectivity index (χ3v) is 5.51. The highest BCUT2D eigenvalue weighted by molar-refractivity contribution is 9.10. The first kappa shape index (κ1) is 16.7. The zero-order valence-electron chi connectivity index (χ0n) is 13.5. The van der Waals surface area contributed by atoms with Crippen molar-refractivity contribution in [2.24, 2.45) is 0 Å². The summed E-state index contributed by atoms with van der Waals surface area (Å²) in [5.74, 6) is -1.18. The molecular weight excluding hydrogens is 374 g/mol. The highest BCUT2D eigenvalue weighted by atomic mass is 79.9. The van der Waals surface area contributed by atoms with Gasteiger partial charge in [-0.25, -0.2) is 9.48 Å². The summed E-state index contributed by atoms with van der Waals surface area (Å²) in [6.07, 6.45) is 1.24. The molecule has 3 rings (SSSR count). The van der Waals surface area contributed by atoms with E-state index in [2.05, 4.69) is 21.0 Å². The van der Waals surface area contributed by atoms with Crippen LogP contribution in [0.25, 0.3) is 5.69 Å². The van der Waals surface area contributed by atoms with Crippen LogP contribution < -0.4 is 0 Å². The van der Waals surface area contributed by atoms with Crippen molar-refractivity contribution in [2.45, 2.75) is 32.7 Å². The molecule has 0 unspecified atom stereocenters. The molecule has 1 atom stereocenters. The minimum absolute atomic E-state index is 0.235. The molecule has 1 amide bonds. The molecule has 24 heavy (non-hydrogen) atoms. The Morgan fingerprint density at radius 3 is 2.46 bits per heavy atom. The second-order valence-electron chi connectivity index (χ2n) is 5.94. The van der Waals surface area contributed by atoms with E-state index in [1.54, 1.807) is 12.1 Å². The van der Waals surface area contributed by atoms with E-state index in [9.17, 15) is 14.7 Å². The molecule has 0 aliphatic carbocycles. The topological polar surface area (TPSA) is 75.4 Å². The number of aromatic nitrogens is 2. The van der Waals surface area contributed by atoms with Gasteiger partial charge in [0.1, 0.15) is 6.04 Å². The third-order valence-electron chi connectivity index (χ3n) is 4.36. The quantitative estimate of drug-likeness (QED) is 0.872. The number of rotatable bonds is 3. The molecule has 0 radical (unpaired) electrons. The zero-order valence-corrected chi connectivity index (χ0v) is 15.1. The minimum Gasteiger partial charge on any atom is -0.480 e. The molecule has 1 N–H and O–H groups in total. The molecule has 1 fully saturated rings. The smallest absolute Gasteiger partial charge is 0.326 e. The maximum Gasteiger partial charge on any atom is 0.326 e. The zero-order chi connectivity index (χ0) is 17.4. The van der Waals surface area contributed by atoms with Crippen LogP contribution in [0, 0.1) is 13.8 Å². The maximum absolute atomic E-state index is 12.6. The molecule has 2 aromatic rings. The first-order chi connectivity index (χ1) is 11.4. The molecule has 7 heteroatoms. The second-order valence-corrected chi connectivity index (χ2v) is 6.73. The Bertz CT molecular complexity index is 798. The number of carbonyl (C=O) groups is 2. The van der Waals surface area contributed by atoms with E-state index in [4.69, 9.17) is 0 Å². The van der Waals surface area contributed by atoms with Crippen molar-refractivity contribution in [3.05, 3.63) is 45.7 Å². The van der Waals surface area contributed by atoms with E-state index in [-0.39, 0.29) is 5.91 Å². The number of amides is 1. The fourth-order valence-electron chi connectivity index (χ4n) is 3.05. The van der Waals surface area contributed by atoms with E-state index < -0.39 is 12.0 Å². The number of benzene rings is 1. The SMILES string of the molecule is Cc1nn(-c2ccc(C(=O)N3CCC[C@H]3C(=O)O)cc2)c(C)c1Br. The average molecular weight is 392 g/mol. The molecule has 1 aromatic carbocycles. The van der Waals surface area contributed by atoms with Gasteiger partial charge in [-0.15, -0.1) is 0 Å². The monoisotopic (exact) mass is 391 g/mol. The number of nitrogens with zero attached hydrogens (tertiary/aromatic N) is 3. The largest absolute Gasteiger partial charge is 0.480 e. The fourth-order valence-corrected chi connectivity index (χ4v) is 3.30. The second kappa shape index (κ2) is 6.39. The van der Waals surface area contributed by atoms with E-state index >= 15 is 0 Å². The number of aliphatic carboxylic acids is 1. The van der Waals surface area contributed by atoms with Crippen molar-refractivity contribution >= 4 is 27.8 Å². The van der Waals surface area contributed by atoms with Gasteiger partial charge in [-0.3, -0.25) is 4.79 Å². The van der Waals surface area contributed by atoms with Gasteiger partial charge in [0.15, 0.2) is 0 Å². The Morgan fingerprint density at radius 2 is 1.92 bits per heavy atom. The van der Waals surface area contributed by atoms with Crippen LogP contribution in [0.5, 0.6) is 0 Å². The predicted molar refractivity (Wildman–Crippen MR) is 92.4 cm³/mol. The van der Waals surface area contributed by atoms with Gasteiger partial charge in [-0.05, 0) is 66.9 Å². The molecule has 126 valence electrons. The average Bonchev–Trinajstić information content (AvgIpc) is 3.16. The van der Waals surface area contributed by atoms with Crippen LogP contribution in [0.2, 0.25) is 0 Å². The first-order valence-electron chi connectivity index (χ1n) is 7.76. The standard InChI is InChI=1S/C17H18BrN3O3/c1-10-15(18)11(2)21(19-10)13-7-5-12(6-8-13)16(22)20-9-3-4-14(20)17(23)24/h5-8,14H,3-4,9H2,1-2H3,(H,23,24)/t14-/m0/s1. The molecule has 0 spiro atoms. The van der Waals surface area contributed by atoms with Crippen LogP contribution in [-0.2, 0) is 4.79 Å². The van der Waals surface area contributed by atoms with E-state index in [0.717, 1.165) is 28.0 Å². The van der Waals surface area contributed by atoms with Crippen molar-refractivity contribution < 1.29 is 14.7 Å². The van der Waals surface area contributed by atoms with Crippen molar-refractivity contribution in [3.63, 3.8) is 0 Å². The lowest BCUT2D eigenvalue weighted by Crippen LogP contribution is -2.40. The highest BCUT2D eigenvalue weighted by Crippen LogP contribution is 2.24. The molecule has 0 saturated carbocycles. The van der Waals surface area contributed by atoms with Gasteiger partial charge >= 0.3 is 5.97 Å². The third kappa shape index (κ3) is 2.84. The minimum atomic E-state index is -0.940. The van der Waals surface area contributed by atoms with Crippen LogP contribution in [0.1, 0.15) is 34.6 Å². The lowest BCUT2D eigenvalue weighted by molar-refractivity contribution is -0.141. The normalized spacial score (nSPS) is 17.3. The van der Waals surface area contributed by atoms with Crippen LogP contribution in [0.3, 0.4) is 0 Å². The summed E-state index contributed by atoms with van der Waals surface area (Å²) < 4.78 is 2.77. The summed E-state index contributed by atoms with van der Waals surface area (Å²) in [6.45, 7) is 4.37. The van der Waals surface area contributed by atoms with Crippen molar-refractivity contribution in [1.29, 1.82) is 0 Å². The fraction of sp³-hybridized carbons (Fsp3) is 0.353. The van der Waals surface area contributed by atoms with Gasteiger partial charge in [0.25, 0.3) is 5.91 Å². The molecule has 1 aliphatic heterocycles. The first-order valence-corrected chi connectivity index (χ1v) is 8.55. The molecule has 1 aliphatic rings. The summed E-state index contributed by atoms with van der Waals surface area (Å²) in [6, 6.07) is 6.37. The lowest BCUT2D eigenvalue weighted by atomic mass is 10.1. The number of halogens is 1. The summed E-state index contributed by atoms with van der Waals surface area (Å²) in [5.41, 5.74) is 3.23. The highest BCUT2D eigenvalue weighted by Gasteiger charge is 2.34. The Morgan fingerprint density at radius 1 is 1.25 bits per heavy atom. The van der Waals surface area contributed by atoms with Crippen LogP contribution >= 0.6 is 15.9 Å². The Balaban J connectivity index is 1.85. The van der Waals surface area contributed by atoms with Gasteiger partial charge in [0.05, 0.1) is 21.5 Å². The van der Waals surface area contributed by atoms with Gasteiger partial charge in [-0.2, -0.15) is 5.10 Å². The van der Waals surface area contributed by atoms with Crippen molar-refractivity contribution in [1.82, 2.24) is 14.7 Å². The van der Waals surface area contributed by atoms with E-state index in [1.807, 2.05) is 30.7 Å². The summed E-state index contributed by atoms with van der Waals surface area (Å²) in [4.78, 5) is 25.3. The van der Waals surface area contributed by atoms with E-state index in [1.165, 1.54) is 4.90 Å². The number of carbonyl (C=O) groups excluding carboxylic acids is 1. The van der Waals surface area contributed by atoms with Gasteiger partial charge in [0, 0.05) is 12.1 Å². The Hall–Kier alpha value is -2.15. The van der Waals surface area contributed by atoms with Crippen LogP contribution in [-0.4, -0.2) is 44.3 Å². The van der Waals surface area contributed by atoms with Gasteiger partial charge < -0.3 is 10.0 Å². The van der Waals surface area contributed by atoms with Crippen molar-refractivity contribution in [2.75, 3.05) is 6.54 Å². The number of carboxylic acids is 1. The summed E-state index contributed by atoms with van der Waals surface area (Å²) in [7, 11) is 0. The number of likely N-dealkylation sites (tertiary alicyclic amines) is 1. The number of aryl methyl sites for hydroxylation is 1. The van der Waals surface area contributed by atoms with Gasteiger partial charge in [-0.1, -0.05) is 0 Å². The van der Waals surface area contributed by atoms with Crippen LogP contribution in [0.15, 0.2) is 28.7 Å². The predicted octanol–water partition coefficient (Wildman–Crippen LogP) is 2.94. The van der Waals surface area contributed by atoms with Crippen molar-refractivity contribution in [3.8, 4) is 5.69 Å². The van der Waals surface area contributed by atoms with Gasteiger partial charge in [0.2, 0.25) is 0 Å².